The summed E-state index contributed by atoms with van der Waals surface area (Å²) in [5.41, 5.74) is 0.145. The first kappa shape index (κ1) is 16.5. The predicted octanol–water partition coefficient (Wildman–Crippen LogP) is 2.49. The van der Waals surface area contributed by atoms with Gasteiger partial charge in [0.05, 0.1) is 30.5 Å². The highest BCUT2D eigenvalue weighted by molar-refractivity contribution is 5.87. The minimum absolute atomic E-state index is 0.121. The normalized spacial score (nSPS) is 18.5. The quantitative estimate of drug-likeness (QED) is 0.868. The fourth-order valence-electron chi connectivity index (χ4n) is 2.97. The molecule has 1 fully saturated rings. The number of rotatable bonds is 3. The molecule has 0 radical (unpaired) electrons. The van der Waals surface area contributed by atoms with E-state index in [2.05, 4.69) is 9.97 Å². The Morgan fingerprint density at radius 2 is 2.12 bits per heavy atom. The second-order valence-corrected chi connectivity index (χ2v) is 6.35. The molecule has 1 aliphatic heterocycles. The van der Waals surface area contributed by atoms with Gasteiger partial charge < -0.3 is 9.64 Å². The van der Waals surface area contributed by atoms with E-state index in [1.54, 1.807) is 55.5 Å². The molecule has 1 aromatic carbocycles. The van der Waals surface area contributed by atoms with Crippen molar-refractivity contribution in [1.29, 1.82) is 0 Å². The van der Waals surface area contributed by atoms with E-state index in [-0.39, 0.29) is 17.8 Å². The standard InChI is InChI=1S/C18H20FN3O2/c1-18(2,13-5-3-4-6-14(13)19)17(23)22-9-10-24-16(12-22)15-11-20-7-8-21-15/h3-8,11,16H,9-10,12H2,1-2H3/t16-/m0/s1. The molecule has 0 bridgehead atoms. The summed E-state index contributed by atoms with van der Waals surface area (Å²) in [6.07, 6.45) is 4.52. The van der Waals surface area contributed by atoms with Crippen LogP contribution in [0, 0.1) is 5.82 Å². The van der Waals surface area contributed by atoms with E-state index in [1.165, 1.54) is 6.07 Å². The van der Waals surface area contributed by atoms with Gasteiger partial charge in [0.1, 0.15) is 11.9 Å². The van der Waals surface area contributed by atoms with Crippen molar-refractivity contribution >= 4 is 5.91 Å². The van der Waals surface area contributed by atoms with Gasteiger partial charge in [-0.3, -0.25) is 14.8 Å². The number of morpholine rings is 1. The van der Waals surface area contributed by atoms with Crippen molar-refractivity contribution in [1.82, 2.24) is 14.9 Å². The number of carbonyl (C=O) groups is 1. The lowest BCUT2D eigenvalue weighted by Gasteiger charge is -2.37. The van der Waals surface area contributed by atoms with Crippen molar-refractivity contribution in [3.8, 4) is 0 Å². The van der Waals surface area contributed by atoms with Gasteiger partial charge in [0.2, 0.25) is 5.91 Å². The maximum absolute atomic E-state index is 14.1. The molecule has 0 saturated carbocycles. The molecule has 2 aromatic rings. The van der Waals surface area contributed by atoms with Crippen molar-refractivity contribution in [3.63, 3.8) is 0 Å². The number of aromatic nitrogens is 2. The molecule has 1 aromatic heterocycles. The van der Waals surface area contributed by atoms with Gasteiger partial charge in [0.25, 0.3) is 0 Å². The van der Waals surface area contributed by atoms with E-state index in [9.17, 15) is 9.18 Å². The molecule has 0 spiro atoms. The average molecular weight is 329 g/mol. The first-order chi connectivity index (χ1) is 11.5. The summed E-state index contributed by atoms with van der Waals surface area (Å²) in [5, 5.41) is 0. The molecule has 0 unspecified atom stereocenters. The SMILES string of the molecule is CC(C)(C(=O)N1CCO[C@H](c2cnccn2)C1)c1ccccc1F. The summed E-state index contributed by atoms with van der Waals surface area (Å²) in [5.74, 6) is -0.487. The molecule has 0 aliphatic carbocycles. The molecule has 3 rings (SSSR count). The topological polar surface area (TPSA) is 55.3 Å². The number of carbonyl (C=O) groups excluding carboxylic acids is 1. The van der Waals surface area contributed by atoms with Crippen LogP contribution in [0.2, 0.25) is 0 Å². The average Bonchev–Trinajstić information content (AvgIpc) is 2.62. The van der Waals surface area contributed by atoms with Crippen molar-refractivity contribution < 1.29 is 13.9 Å². The lowest BCUT2D eigenvalue weighted by molar-refractivity contribution is -0.144. The molecule has 2 heterocycles. The Morgan fingerprint density at radius 1 is 1.33 bits per heavy atom. The molecule has 1 amide bonds. The summed E-state index contributed by atoms with van der Waals surface area (Å²) in [7, 11) is 0. The molecule has 1 saturated heterocycles. The van der Waals surface area contributed by atoms with Gasteiger partial charge in [-0.15, -0.1) is 0 Å². The Bertz CT molecular complexity index is 721. The van der Waals surface area contributed by atoms with Crippen LogP contribution in [0.1, 0.15) is 31.2 Å². The van der Waals surface area contributed by atoms with Gasteiger partial charge in [-0.05, 0) is 19.9 Å². The third-order valence-corrected chi connectivity index (χ3v) is 4.35. The Kier molecular flexibility index (Phi) is 4.57. The van der Waals surface area contributed by atoms with Crippen LogP contribution in [0.4, 0.5) is 4.39 Å². The lowest BCUT2D eigenvalue weighted by Crippen LogP contribution is -2.49. The van der Waals surface area contributed by atoms with Crippen molar-refractivity contribution in [2.75, 3.05) is 19.7 Å². The summed E-state index contributed by atoms with van der Waals surface area (Å²) in [6.45, 7) is 4.78. The number of halogens is 1. The van der Waals surface area contributed by atoms with Gasteiger partial charge >= 0.3 is 0 Å². The summed E-state index contributed by atoms with van der Waals surface area (Å²) < 4.78 is 19.9. The zero-order valence-corrected chi connectivity index (χ0v) is 13.8. The fourth-order valence-corrected chi connectivity index (χ4v) is 2.97. The summed E-state index contributed by atoms with van der Waals surface area (Å²) in [4.78, 5) is 23.0. The van der Waals surface area contributed by atoms with Crippen LogP contribution < -0.4 is 0 Å². The Balaban J connectivity index is 1.80. The molecule has 0 N–H and O–H groups in total. The summed E-state index contributed by atoms with van der Waals surface area (Å²) >= 11 is 0. The van der Waals surface area contributed by atoms with Crippen LogP contribution in [0.25, 0.3) is 0 Å². The van der Waals surface area contributed by atoms with Crippen molar-refractivity contribution in [3.05, 3.63) is 59.9 Å². The van der Waals surface area contributed by atoms with E-state index in [4.69, 9.17) is 4.74 Å². The minimum Gasteiger partial charge on any atom is -0.368 e. The molecule has 24 heavy (non-hydrogen) atoms. The van der Waals surface area contributed by atoms with Gasteiger partial charge in [-0.1, -0.05) is 18.2 Å². The first-order valence-electron chi connectivity index (χ1n) is 7.92. The van der Waals surface area contributed by atoms with Crippen molar-refractivity contribution in [2.24, 2.45) is 0 Å². The van der Waals surface area contributed by atoms with E-state index in [0.29, 0.717) is 31.0 Å². The van der Waals surface area contributed by atoms with Gasteiger partial charge in [-0.25, -0.2) is 4.39 Å². The van der Waals surface area contributed by atoms with Crippen LogP contribution >= 0.6 is 0 Å². The third-order valence-electron chi connectivity index (χ3n) is 4.35. The number of hydrogen-bond acceptors (Lipinski definition) is 4. The maximum atomic E-state index is 14.1. The second-order valence-electron chi connectivity index (χ2n) is 6.35. The highest BCUT2D eigenvalue weighted by atomic mass is 19.1. The Hall–Kier alpha value is -2.34. The Morgan fingerprint density at radius 3 is 2.83 bits per heavy atom. The lowest BCUT2D eigenvalue weighted by atomic mass is 9.82. The predicted molar refractivity (Wildman–Crippen MR) is 86.7 cm³/mol. The molecule has 6 heteroatoms. The molecular weight excluding hydrogens is 309 g/mol. The molecule has 126 valence electrons. The van der Waals surface area contributed by atoms with E-state index in [0.717, 1.165) is 0 Å². The molecule has 1 aliphatic rings. The monoisotopic (exact) mass is 329 g/mol. The van der Waals surface area contributed by atoms with Crippen LogP contribution in [0.5, 0.6) is 0 Å². The van der Waals surface area contributed by atoms with Crippen LogP contribution in [0.3, 0.4) is 0 Å². The number of ether oxygens (including phenoxy) is 1. The number of hydrogen-bond donors (Lipinski definition) is 0. The van der Waals surface area contributed by atoms with E-state index >= 15 is 0 Å². The second kappa shape index (κ2) is 6.65. The highest BCUT2D eigenvalue weighted by Gasteiger charge is 2.38. The van der Waals surface area contributed by atoms with E-state index < -0.39 is 5.41 Å². The molecule has 5 nitrogen and oxygen atoms in total. The Labute approximate surface area is 140 Å². The summed E-state index contributed by atoms with van der Waals surface area (Å²) in [6, 6.07) is 6.41. The third kappa shape index (κ3) is 3.14. The number of benzene rings is 1. The van der Waals surface area contributed by atoms with Crippen molar-refractivity contribution in [2.45, 2.75) is 25.4 Å². The van der Waals surface area contributed by atoms with E-state index in [1.807, 2.05) is 0 Å². The zero-order valence-electron chi connectivity index (χ0n) is 13.8. The van der Waals surface area contributed by atoms with Crippen LogP contribution in [-0.4, -0.2) is 40.5 Å². The minimum atomic E-state index is -0.949. The van der Waals surface area contributed by atoms with Gasteiger partial charge in [-0.2, -0.15) is 0 Å². The largest absolute Gasteiger partial charge is 0.368 e. The number of amides is 1. The molecule has 1 atom stereocenters. The maximum Gasteiger partial charge on any atom is 0.232 e. The fraction of sp³-hybridized carbons (Fsp3) is 0.389. The van der Waals surface area contributed by atoms with Crippen LogP contribution in [-0.2, 0) is 14.9 Å². The number of nitrogens with zero attached hydrogens (tertiary/aromatic N) is 3. The van der Waals surface area contributed by atoms with Gasteiger partial charge in [0.15, 0.2) is 0 Å². The first-order valence-corrected chi connectivity index (χ1v) is 7.92. The van der Waals surface area contributed by atoms with Gasteiger partial charge in [0, 0.05) is 24.5 Å². The molecular formula is C18H20FN3O2. The zero-order chi connectivity index (χ0) is 17.2. The smallest absolute Gasteiger partial charge is 0.232 e. The van der Waals surface area contributed by atoms with Crippen LogP contribution in [0.15, 0.2) is 42.9 Å². The highest BCUT2D eigenvalue weighted by Crippen LogP contribution is 2.30.